The fourth-order valence-corrected chi connectivity index (χ4v) is 3.02. The van der Waals surface area contributed by atoms with E-state index in [-0.39, 0.29) is 18.9 Å². The molecule has 112 valence electrons. The van der Waals surface area contributed by atoms with Crippen LogP contribution in [0.5, 0.6) is 0 Å². The van der Waals surface area contributed by atoms with Gasteiger partial charge in [0, 0.05) is 4.88 Å². The second kappa shape index (κ2) is 6.04. The normalized spacial score (nSPS) is 10.6. The number of nitrogens with one attached hydrogen (secondary N) is 1. The summed E-state index contributed by atoms with van der Waals surface area (Å²) in [5, 5.41) is 0.381. The smallest absolute Gasteiger partial charge is 0.374 e. The second-order valence-electron chi connectivity index (χ2n) is 4.22. The highest BCUT2D eigenvalue weighted by atomic mass is 32.1. The molecule has 8 heteroatoms. The maximum atomic E-state index is 12.1. The highest BCUT2D eigenvalue weighted by Gasteiger charge is 2.19. The minimum atomic E-state index is -0.683. The van der Waals surface area contributed by atoms with E-state index >= 15 is 0 Å². The molecule has 0 bridgehead atoms. The summed E-state index contributed by atoms with van der Waals surface area (Å²) >= 11 is 1.19. The molecule has 0 amide bonds. The number of methoxy groups -OCH3 is 1. The van der Waals surface area contributed by atoms with E-state index in [9.17, 15) is 14.4 Å². The summed E-state index contributed by atoms with van der Waals surface area (Å²) in [5.74, 6) is -1.22. The zero-order chi connectivity index (χ0) is 15.6. The largest absolute Gasteiger partial charge is 0.469 e. The fraction of sp³-hybridized carbons (Fsp3) is 0.385. The first-order valence-electron chi connectivity index (χ1n) is 6.24. The van der Waals surface area contributed by atoms with Crippen molar-refractivity contribution < 1.29 is 19.1 Å². The molecule has 0 aliphatic carbocycles. The number of aryl methyl sites for hydroxylation is 1. The van der Waals surface area contributed by atoms with Gasteiger partial charge in [-0.2, -0.15) is 0 Å². The third-order valence-corrected chi connectivity index (χ3v) is 4.09. The van der Waals surface area contributed by atoms with Gasteiger partial charge >= 0.3 is 11.9 Å². The summed E-state index contributed by atoms with van der Waals surface area (Å²) in [6.45, 7) is 3.59. The van der Waals surface area contributed by atoms with Gasteiger partial charge in [-0.3, -0.25) is 9.59 Å². The molecule has 2 heterocycles. The van der Waals surface area contributed by atoms with E-state index in [0.29, 0.717) is 20.7 Å². The number of hydrogen-bond donors (Lipinski definition) is 1. The van der Waals surface area contributed by atoms with Crippen molar-refractivity contribution in [2.75, 3.05) is 13.7 Å². The topological polar surface area (TPSA) is 98.3 Å². The summed E-state index contributed by atoms with van der Waals surface area (Å²) < 4.78 is 9.43. The molecule has 0 radical (unpaired) electrons. The Morgan fingerprint density at radius 1 is 1.38 bits per heavy atom. The molecule has 0 fully saturated rings. The molecular formula is C13H14N2O5S. The Kier molecular flexibility index (Phi) is 4.37. The van der Waals surface area contributed by atoms with E-state index in [0.717, 1.165) is 0 Å². The van der Waals surface area contributed by atoms with Crippen LogP contribution < -0.4 is 5.56 Å². The van der Waals surface area contributed by atoms with E-state index < -0.39 is 17.5 Å². The number of aromatic amines is 1. The van der Waals surface area contributed by atoms with Crippen molar-refractivity contribution in [3.63, 3.8) is 0 Å². The first-order valence-corrected chi connectivity index (χ1v) is 7.05. The van der Waals surface area contributed by atoms with Gasteiger partial charge in [0.05, 0.1) is 25.5 Å². The number of ether oxygens (including phenoxy) is 2. The molecule has 0 atom stereocenters. The van der Waals surface area contributed by atoms with Gasteiger partial charge in [-0.15, -0.1) is 11.3 Å². The van der Waals surface area contributed by atoms with Crippen LogP contribution in [0.25, 0.3) is 10.2 Å². The Bertz CT molecular complexity index is 762. The average Bonchev–Trinajstić information content (AvgIpc) is 2.75. The first kappa shape index (κ1) is 15.2. The lowest BCUT2D eigenvalue weighted by Gasteiger charge is -2.00. The van der Waals surface area contributed by atoms with E-state index in [1.54, 1.807) is 13.8 Å². The predicted molar refractivity (Wildman–Crippen MR) is 76.7 cm³/mol. The van der Waals surface area contributed by atoms with E-state index in [1.807, 2.05) is 0 Å². The van der Waals surface area contributed by atoms with Crippen molar-refractivity contribution in [2.45, 2.75) is 20.3 Å². The lowest BCUT2D eigenvalue weighted by atomic mass is 10.2. The minimum Gasteiger partial charge on any atom is -0.469 e. The van der Waals surface area contributed by atoms with Gasteiger partial charge in [-0.25, -0.2) is 9.78 Å². The van der Waals surface area contributed by atoms with Crippen LogP contribution in [0.4, 0.5) is 0 Å². The Hall–Kier alpha value is -2.22. The molecule has 0 unspecified atom stereocenters. The number of H-pyrrole nitrogens is 1. The van der Waals surface area contributed by atoms with Gasteiger partial charge in [0.1, 0.15) is 4.83 Å². The van der Waals surface area contributed by atoms with Crippen molar-refractivity contribution in [3.05, 3.63) is 26.6 Å². The maximum absolute atomic E-state index is 12.1. The zero-order valence-electron chi connectivity index (χ0n) is 11.8. The van der Waals surface area contributed by atoms with Gasteiger partial charge in [0.25, 0.3) is 5.56 Å². The Balaban J connectivity index is 2.52. The van der Waals surface area contributed by atoms with Crippen LogP contribution in [0.2, 0.25) is 0 Å². The molecule has 2 aromatic heterocycles. The van der Waals surface area contributed by atoms with Crippen LogP contribution in [0.1, 0.15) is 28.0 Å². The highest BCUT2D eigenvalue weighted by molar-refractivity contribution is 7.18. The van der Waals surface area contributed by atoms with E-state index in [2.05, 4.69) is 14.7 Å². The summed E-state index contributed by atoms with van der Waals surface area (Å²) in [7, 11) is 1.30. The molecule has 0 saturated carbocycles. The maximum Gasteiger partial charge on any atom is 0.374 e. The molecule has 0 spiro atoms. The minimum absolute atomic E-state index is 0.0670. The monoisotopic (exact) mass is 310 g/mol. The van der Waals surface area contributed by atoms with Gasteiger partial charge in [-0.05, 0) is 19.4 Å². The predicted octanol–water partition coefficient (Wildman–Crippen LogP) is 1.19. The van der Waals surface area contributed by atoms with Crippen molar-refractivity contribution in [2.24, 2.45) is 0 Å². The summed E-state index contributed by atoms with van der Waals surface area (Å²) in [6.07, 6.45) is 0.0670. The average molecular weight is 310 g/mol. The lowest BCUT2D eigenvalue weighted by molar-refractivity contribution is -0.139. The number of rotatable bonds is 4. The number of carbonyl (C=O) groups excluding carboxylic acids is 2. The van der Waals surface area contributed by atoms with Gasteiger partial charge in [0.15, 0.2) is 0 Å². The van der Waals surface area contributed by atoms with Crippen LogP contribution in [0.15, 0.2) is 4.79 Å². The van der Waals surface area contributed by atoms with Crippen LogP contribution in [-0.2, 0) is 20.7 Å². The fourth-order valence-electron chi connectivity index (χ4n) is 1.86. The Morgan fingerprint density at radius 3 is 2.71 bits per heavy atom. The van der Waals surface area contributed by atoms with Gasteiger partial charge in [-0.1, -0.05) is 0 Å². The van der Waals surface area contributed by atoms with Gasteiger partial charge < -0.3 is 14.5 Å². The SMILES string of the molecule is CCOC(=O)c1nc2sc(CC(=O)OC)c(C)c2c(=O)[nH]1. The summed E-state index contributed by atoms with van der Waals surface area (Å²) in [5.41, 5.74) is 0.248. The summed E-state index contributed by atoms with van der Waals surface area (Å²) in [6, 6.07) is 0. The number of hydrogen-bond acceptors (Lipinski definition) is 7. The molecule has 21 heavy (non-hydrogen) atoms. The quantitative estimate of drug-likeness (QED) is 0.852. The zero-order valence-corrected chi connectivity index (χ0v) is 12.6. The molecule has 2 rings (SSSR count). The van der Waals surface area contributed by atoms with E-state index in [4.69, 9.17) is 4.74 Å². The molecule has 2 aromatic rings. The molecule has 0 aliphatic heterocycles. The van der Waals surface area contributed by atoms with E-state index in [1.165, 1.54) is 18.4 Å². The van der Waals surface area contributed by atoms with Crippen LogP contribution in [0, 0.1) is 6.92 Å². The number of thiophene rings is 1. The molecule has 1 N–H and O–H groups in total. The molecular weight excluding hydrogens is 296 g/mol. The van der Waals surface area contributed by atoms with Crippen LogP contribution >= 0.6 is 11.3 Å². The van der Waals surface area contributed by atoms with Crippen molar-refractivity contribution in [1.82, 2.24) is 9.97 Å². The third-order valence-electron chi connectivity index (χ3n) is 2.90. The standard InChI is InChI=1S/C13H14N2O5S/c1-4-20-13(18)10-14-11(17)9-6(2)7(5-8(16)19-3)21-12(9)15-10/h4-5H2,1-3H3,(H,14,15,17). The molecule has 0 aliphatic rings. The van der Waals surface area contributed by atoms with Crippen LogP contribution in [-0.4, -0.2) is 35.6 Å². The number of fused-ring (bicyclic) bond motifs is 1. The summed E-state index contributed by atoms with van der Waals surface area (Å²) in [4.78, 5) is 42.7. The Morgan fingerprint density at radius 2 is 2.10 bits per heavy atom. The van der Waals surface area contributed by atoms with Crippen molar-refractivity contribution >= 4 is 33.5 Å². The molecule has 0 aromatic carbocycles. The molecule has 7 nitrogen and oxygen atoms in total. The lowest BCUT2D eigenvalue weighted by Crippen LogP contribution is -2.17. The van der Waals surface area contributed by atoms with Crippen LogP contribution in [0.3, 0.4) is 0 Å². The first-order chi connectivity index (χ1) is 9.97. The number of aromatic nitrogens is 2. The highest BCUT2D eigenvalue weighted by Crippen LogP contribution is 2.27. The van der Waals surface area contributed by atoms with Crippen molar-refractivity contribution in [3.8, 4) is 0 Å². The number of esters is 2. The molecule has 0 saturated heterocycles. The van der Waals surface area contributed by atoms with Gasteiger partial charge in [0.2, 0.25) is 5.82 Å². The Labute approximate surface area is 123 Å². The number of nitrogens with zero attached hydrogens (tertiary/aromatic N) is 1. The third kappa shape index (κ3) is 2.94. The number of carbonyl (C=O) groups is 2. The second-order valence-corrected chi connectivity index (χ2v) is 5.30. The van der Waals surface area contributed by atoms with Crippen molar-refractivity contribution in [1.29, 1.82) is 0 Å².